The van der Waals surface area contributed by atoms with Crippen LogP contribution in [0.1, 0.15) is 24.4 Å². The topological polar surface area (TPSA) is 40.7 Å². The molecule has 3 heteroatoms. The van der Waals surface area contributed by atoms with Crippen molar-refractivity contribution in [2.24, 2.45) is 5.92 Å². The van der Waals surface area contributed by atoms with Crippen molar-refractivity contribution in [3.63, 3.8) is 0 Å². The van der Waals surface area contributed by atoms with Gasteiger partial charge in [0.05, 0.1) is 0 Å². The average molecular weight is 179 g/mol. The molecule has 2 rings (SSSR count). The molecule has 0 amide bonds. The molecule has 0 spiro atoms. The van der Waals surface area contributed by atoms with Crippen molar-refractivity contribution in [1.82, 2.24) is 15.3 Å². The highest BCUT2D eigenvalue weighted by molar-refractivity contribution is 4.99. The molecule has 1 saturated heterocycles. The molecule has 1 aromatic rings. The smallest absolute Gasteiger partial charge is 0.106 e. The predicted molar refractivity (Wildman–Crippen MR) is 52.6 cm³/mol. The van der Waals surface area contributed by atoms with Crippen LogP contribution in [0.25, 0.3) is 0 Å². The van der Waals surface area contributed by atoms with E-state index in [1.807, 2.05) is 6.20 Å². The van der Waals surface area contributed by atoms with Gasteiger partial charge in [-0.25, -0.2) is 4.98 Å². The first-order valence-corrected chi connectivity index (χ1v) is 5.06. The highest BCUT2D eigenvalue weighted by atomic mass is 14.9. The lowest BCUT2D eigenvalue weighted by Crippen LogP contribution is -2.28. The standard InChI is InChI=1S/C10H17N3/c1-8-7-12-10(13-8)6-9-2-4-11-5-3-9/h7,9,11H,2-6H2,1H3,(H,12,13). The highest BCUT2D eigenvalue weighted by Crippen LogP contribution is 2.15. The largest absolute Gasteiger partial charge is 0.346 e. The van der Waals surface area contributed by atoms with Crippen LogP contribution in [0, 0.1) is 12.8 Å². The van der Waals surface area contributed by atoms with E-state index in [0.717, 1.165) is 18.2 Å². The molecule has 0 saturated carbocycles. The number of aromatic amines is 1. The van der Waals surface area contributed by atoms with Crippen LogP contribution in [0.5, 0.6) is 0 Å². The summed E-state index contributed by atoms with van der Waals surface area (Å²) in [6, 6.07) is 0. The maximum Gasteiger partial charge on any atom is 0.106 e. The summed E-state index contributed by atoms with van der Waals surface area (Å²) in [5.74, 6) is 1.98. The van der Waals surface area contributed by atoms with Crippen molar-refractivity contribution < 1.29 is 0 Å². The summed E-state index contributed by atoms with van der Waals surface area (Å²) in [6.07, 6.45) is 5.62. The number of imidazole rings is 1. The molecule has 1 aromatic heterocycles. The van der Waals surface area contributed by atoms with Gasteiger partial charge in [-0.1, -0.05) is 0 Å². The lowest BCUT2D eigenvalue weighted by Gasteiger charge is -2.21. The van der Waals surface area contributed by atoms with E-state index < -0.39 is 0 Å². The first kappa shape index (κ1) is 8.75. The van der Waals surface area contributed by atoms with Crippen LogP contribution in [-0.4, -0.2) is 23.1 Å². The molecule has 0 atom stereocenters. The van der Waals surface area contributed by atoms with Crippen LogP contribution < -0.4 is 5.32 Å². The quantitative estimate of drug-likeness (QED) is 0.717. The number of piperidine rings is 1. The molecule has 0 aliphatic carbocycles. The van der Waals surface area contributed by atoms with Crippen LogP contribution in [0.3, 0.4) is 0 Å². The average Bonchev–Trinajstić information content (AvgIpc) is 2.53. The molecular formula is C10H17N3. The van der Waals surface area contributed by atoms with Crippen LogP contribution >= 0.6 is 0 Å². The van der Waals surface area contributed by atoms with Crippen molar-refractivity contribution >= 4 is 0 Å². The Labute approximate surface area is 79.0 Å². The Bertz CT molecular complexity index is 261. The van der Waals surface area contributed by atoms with Crippen LogP contribution in [0.2, 0.25) is 0 Å². The van der Waals surface area contributed by atoms with Gasteiger partial charge >= 0.3 is 0 Å². The molecule has 1 fully saturated rings. The molecule has 0 aromatic carbocycles. The van der Waals surface area contributed by atoms with Gasteiger partial charge in [0.15, 0.2) is 0 Å². The van der Waals surface area contributed by atoms with Gasteiger partial charge < -0.3 is 10.3 Å². The van der Waals surface area contributed by atoms with E-state index in [-0.39, 0.29) is 0 Å². The molecule has 13 heavy (non-hydrogen) atoms. The second-order valence-corrected chi connectivity index (χ2v) is 3.91. The zero-order valence-corrected chi connectivity index (χ0v) is 8.14. The zero-order valence-electron chi connectivity index (χ0n) is 8.14. The van der Waals surface area contributed by atoms with Gasteiger partial charge in [-0.15, -0.1) is 0 Å². The number of hydrogen-bond acceptors (Lipinski definition) is 2. The number of rotatable bonds is 2. The van der Waals surface area contributed by atoms with E-state index in [9.17, 15) is 0 Å². The molecule has 72 valence electrons. The third-order valence-electron chi connectivity index (χ3n) is 2.70. The number of hydrogen-bond donors (Lipinski definition) is 2. The number of nitrogens with zero attached hydrogens (tertiary/aromatic N) is 1. The number of H-pyrrole nitrogens is 1. The molecular weight excluding hydrogens is 162 g/mol. The monoisotopic (exact) mass is 179 g/mol. The highest BCUT2D eigenvalue weighted by Gasteiger charge is 2.14. The lowest BCUT2D eigenvalue weighted by molar-refractivity contribution is 0.368. The van der Waals surface area contributed by atoms with E-state index in [0.29, 0.717) is 0 Å². The fraction of sp³-hybridized carbons (Fsp3) is 0.700. The SMILES string of the molecule is Cc1cnc(CC2CCNCC2)[nH]1. The Balaban J connectivity index is 1.89. The second kappa shape index (κ2) is 3.92. The second-order valence-electron chi connectivity index (χ2n) is 3.91. The number of aryl methyl sites for hydroxylation is 1. The molecule has 2 heterocycles. The van der Waals surface area contributed by atoms with Crippen molar-refractivity contribution in [1.29, 1.82) is 0 Å². The maximum absolute atomic E-state index is 4.33. The Kier molecular flexibility index (Phi) is 2.64. The Hall–Kier alpha value is -0.830. The van der Waals surface area contributed by atoms with Crippen molar-refractivity contribution in [2.45, 2.75) is 26.2 Å². The number of nitrogens with one attached hydrogen (secondary N) is 2. The zero-order chi connectivity index (χ0) is 9.10. The maximum atomic E-state index is 4.33. The van der Waals surface area contributed by atoms with Crippen LogP contribution in [0.15, 0.2) is 6.20 Å². The van der Waals surface area contributed by atoms with Gasteiger partial charge in [0, 0.05) is 18.3 Å². The van der Waals surface area contributed by atoms with E-state index in [1.54, 1.807) is 0 Å². The Morgan fingerprint density at radius 2 is 2.23 bits per heavy atom. The Morgan fingerprint density at radius 1 is 1.46 bits per heavy atom. The third-order valence-corrected chi connectivity index (χ3v) is 2.70. The van der Waals surface area contributed by atoms with E-state index >= 15 is 0 Å². The summed E-state index contributed by atoms with van der Waals surface area (Å²) in [5.41, 5.74) is 1.17. The third kappa shape index (κ3) is 2.31. The van der Waals surface area contributed by atoms with Crippen molar-refractivity contribution in [3.8, 4) is 0 Å². The molecule has 1 aliphatic heterocycles. The predicted octanol–water partition coefficient (Wildman–Crippen LogP) is 1.26. The minimum Gasteiger partial charge on any atom is -0.346 e. The summed E-state index contributed by atoms with van der Waals surface area (Å²) < 4.78 is 0. The summed E-state index contributed by atoms with van der Waals surface area (Å²) in [4.78, 5) is 7.63. The fourth-order valence-electron chi connectivity index (χ4n) is 1.93. The summed E-state index contributed by atoms with van der Waals surface area (Å²) in [6.45, 7) is 4.40. The fourth-order valence-corrected chi connectivity index (χ4v) is 1.93. The van der Waals surface area contributed by atoms with Gasteiger partial charge in [0.1, 0.15) is 5.82 Å². The molecule has 2 N–H and O–H groups in total. The van der Waals surface area contributed by atoms with E-state index in [2.05, 4.69) is 22.2 Å². The first-order valence-electron chi connectivity index (χ1n) is 5.06. The van der Waals surface area contributed by atoms with Crippen LogP contribution in [-0.2, 0) is 6.42 Å². The van der Waals surface area contributed by atoms with Crippen molar-refractivity contribution in [3.05, 3.63) is 17.7 Å². The summed E-state index contributed by atoms with van der Waals surface area (Å²) in [7, 11) is 0. The molecule has 0 bridgehead atoms. The normalized spacial score (nSPS) is 19.2. The molecule has 0 unspecified atom stereocenters. The number of aromatic nitrogens is 2. The van der Waals surface area contributed by atoms with Gasteiger partial charge in [0.25, 0.3) is 0 Å². The minimum absolute atomic E-state index is 0.826. The lowest BCUT2D eigenvalue weighted by atomic mass is 9.94. The Morgan fingerprint density at radius 3 is 2.85 bits per heavy atom. The summed E-state index contributed by atoms with van der Waals surface area (Å²) >= 11 is 0. The van der Waals surface area contributed by atoms with Gasteiger partial charge in [-0.05, 0) is 38.8 Å². The van der Waals surface area contributed by atoms with Gasteiger partial charge in [-0.2, -0.15) is 0 Å². The minimum atomic E-state index is 0.826. The summed E-state index contributed by atoms with van der Waals surface area (Å²) in [5, 5.41) is 3.38. The van der Waals surface area contributed by atoms with E-state index in [1.165, 1.54) is 31.6 Å². The van der Waals surface area contributed by atoms with Gasteiger partial charge in [0.2, 0.25) is 0 Å². The first-order chi connectivity index (χ1) is 6.34. The molecule has 1 aliphatic rings. The van der Waals surface area contributed by atoms with Gasteiger partial charge in [-0.3, -0.25) is 0 Å². The van der Waals surface area contributed by atoms with Crippen molar-refractivity contribution in [2.75, 3.05) is 13.1 Å². The molecule has 0 radical (unpaired) electrons. The van der Waals surface area contributed by atoms with Crippen LogP contribution in [0.4, 0.5) is 0 Å². The molecule has 3 nitrogen and oxygen atoms in total. The van der Waals surface area contributed by atoms with E-state index in [4.69, 9.17) is 0 Å².